The monoisotopic (exact) mass is 309 g/mol. The molecule has 2 heterocycles. The number of hydroxylamine groups is 2. The molecule has 1 saturated heterocycles. The highest BCUT2D eigenvalue weighted by Crippen LogP contribution is 2.42. The Morgan fingerprint density at radius 2 is 1.90 bits per heavy atom. The number of carbonyl (C=O) groups is 1. The van der Waals surface area contributed by atoms with E-state index in [1.807, 2.05) is 0 Å². The van der Waals surface area contributed by atoms with E-state index >= 15 is 0 Å². The van der Waals surface area contributed by atoms with E-state index in [0.717, 1.165) is 0 Å². The summed E-state index contributed by atoms with van der Waals surface area (Å²) < 4.78 is 5.51. The van der Waals surface area contributed by atoms with Crippen molar-refractivity contribution in [3.63, 3.8) is 0 Å². The number of halogens is 1. The molecule has 2 aliphatic heterocycles. The predicted octanol–water partition coefficient (Wildman–Crippen LogP) is 2.56. The van der Waals surface area contributed by atoms with Gasteiger partial charge in [-0.25, -0.2) is 4.79 Å². The topological polar surface area (TPSA) is 59.0 Å². The molecule has 1 aromatic carbocycles. The number of nitrogens with zero attached hydrogens (tertiary/aromatic N) is 1. The molecule has 0 unspecified atom stereocenters. The van der Waals surface area contributed by atoms with Crippen LogP contribution in [-0.2, 0) is 14.4 Å². The van der Waals surface area contributed by atoms with Crippen LogP contribution >= 0.6 is 11.6 Å². The van der Waals surface area contributed by atoms with Crippen LogP contribution in [0.4, 0.5) is 0 Å². The zero-order chi connectivity index (χ0) is 15.0. The van der Waals surface area contributed by atoms with Gasteiger partial charge in [0.2, 0.25) is 0 Å². The number of benzene rings is 1. The lowest BCUT2D eigenvalue weighted by molar-refractivity contribution is -0.182. The Bertz CT molecular complexity index is 588. The number of aliphatic hydroxyl groups is 1. The summed E-state index contributed by atoms with van der Waals surface area (Å²) in [6, 6.07) is 6.78. The number of hydrogen-bond acceptors (Lipinski definition) is 5. The van der Waals surface area contributed by atoms with Crippen LogP contribution in [0.1, 0.15) is 18.4 Å². The minimum absolute atomic E-state index is 0.0191. The van der Waals surface area contributed by atoms with Crippen LogP contribution in [0.2, 0.25) is 5.02 Å². The van der Waals surface area contributed by atoms with Crippen LogP contribution in [-0.4, -0.2) is 41.9 Å². The van der Waals surface area contributed by atoms with Crippen molar-refractivity contribution < 1.29 is 19.5 Å². The lowest BCUT2D eigenvalue weighted by Gasteiger charge is -2.36. The van der Waals surface area contributed by atoms with Gasteiger partial charge in [0, 0.05) is 31.0 Å². The van der Waals surface area contributed by atoms with Crippen molar-refractivity contribution in [2.45, 2.75) is 18.4 Å². The van der Waals surface area contributed by atoms with E-state index in [1.165, 1.54) is 0 Å². The first kappa shape index (κ1) is 14.4. The summed E-state index contributed by atoms with van der Waals surface area (Å²) in [5.74, 6) is -0.466. The molecule has 0 amide bonds. The van der Waals surface area contributed by atoms with Gasteiger partial charge in [0.05, 0.1) is 7.11 Å². The number of esters is 1. The quantitative estimate of drug-likeness (QED) is 0.851. The van der Waals surface area contributed by atoms with E-state index in [-0.39, 0.29) is 11.3 Å². The van der Waals surface area contributed by atoms with Gasteiger partial charge in [0.15, 0.2) is 11.4 Å². The van der Waals surface area contributed by atoms with E-state index in [4.69, 9.17) is 21.2 Å². The second-order valence-electron chi connectivity index (χ2n) is 5.23. The van der Waals surface area contributed by atoms with Crippen molar-refractivity contribution in [2.24, 2.45) is 0 Å². The van der Waals surface area contributed by atoms with E-state index in [2.05, 4.69) is 0 Å². The SMILES string of the molecule is CON1CCC2(CC1)OC(=O)C(c1ccc(Cl)cc1)=C2O. The average molecular weight is 310 g/mol. The number of piperidine rings is 1. The summed E-state index contributed by atoms with van der Waals surface area (Å²) in [7, 11) is 1.60. The highest BCUT2D eigenvalue weighted by atomic mass is 35.5. The van der Waals surface area contributed by atoms with Crippen LogP contribution < -0.4 is 0 Å². The number of rotatable bonds is 2. The Kier molecular flexibility index (Phi) is 3.65. The molecular formula is C15H16ClNO4. The minimum atomic E-state index is -0.916. The van der Waals surface area contributed by atoms with E-state index in [9.17, 15) is 9.90 Å². The van der Waals surface area contributed by atoms with Crippen LogP contribution in [0.3, 0.4) is 0 Å². The number of hydrogen-bond donors (Lipinski definition) is 1. The Morgan fingerprint density at radius 1 is 1.29 bits per heavy atom. The fraction of sp³-hybridized carbons (Fsp3) is 0.400. The molecule has 3 rings (SSSR count). The normalized spacial score (nSPS) is 21.9. The van der Waals surface area contributed by atoms with Gasteiger partial charge < -0.3 is 14.7 Å². The maximum Gasteiger partial charge on any atom is 0.343 e. The average Bonchev–Trinajstić information content (AvgIpc) is 2.72. The molecule has 112 valence electrons. The van der Waals surface area contributed by atoms with E-state index < -0.39 is 11.6 Å². The van der Waals surface area contributed by atoms with E-state index in [1.54, 1.807) is 36.4 Å². The summed E-state index contributed by atoms with van der Waals surface area (Å²) in [4.78, 5) is 17.3. The first-order valence-corrected chi connectivity index (χ1v) is 7.15. The third-order valence-corrected chi connectivity index (χ3v) is 4.33. The molecule has 5 nitrogen and oxygen atoms in total. The Hall–Kier alpha value is -1.56. The minimum Gasteiger partial charge on any atom is -0.507 e. The fourth-order valence-corrected chi connectivity index (χ4v) is 2.97. The molecule has 0 aliphatic carbocycles. The standard InChI is InChI=1S/C15H16ClNO4/c1-20-17-8-6-15(7-9-17)13(18)12(14(19)21-15)10-2-4-11(16)5-3-10/h2-5,18H,6-9H2,1H3. The Balaban J connectivity index is 1.93. The largest absolute Gasteiger partial charge is 0.507 e. The first-order chi connectivity index (χ1) is 10.1. The number of aliphatic hydroxyl groups excluding tert-OH is 1. The third kappa shape index (κ3) is 2.41. The van der Waals surface area contributed by atoms with Crippen molar-refractivity contribution in [3.05, 3.63) is 40.6 Å². The van der Waals surface area contributed by atoms with Gasteiger partial charge in [-0.3, -0.25) is 0 Å². The molecular weight excluding hydrogens is 294 g/mol. The molecule has 2 aliphatic rings. The van der Waals surface area contributed by atoms with Crippen molar-refractivity contribution >= 4 is 23.1 Å². The highest BCUT2D eigenvalue weighted by molar-refractivity contribution is 6.30. The van der Waals surface area contributed by atoms with Crippen molar-refractivity contribution in [2.75, 3.05) is 20.2 Å². The van der Waals surface area contributed by atoms with Crippen molar-refractivity contribution in [1.29, 1.82) is 0 Å². The molecule has 0 atom stereocenters. The molecule has 21 heavy (non-hydrogen) atoms. The Morgan fingerprint density at radius 3 is 2.48 bits per heavy atom. The van der Waals surface area contributed by atoms with Gasteiger partial charge in [0.1, 0.15) is 5.57 Å². The smallest absolute Gasteiger partial charge is 0.343 e. The highest BCUT2D eigenvalue weighted by Gasteiger charge is 2.50. The van der Waals surface area contributed by atoms with Gasteiger partial charge in [-0.2, -0.15) is 5.06 Å². The summed E-state index contributed by atoms with van der Waals surface area (Å²) >= 11 is 5.85. The van der Waals surface area contributed by atoms with Crippen molar-refractivity contribution in [1.82, 2.24) is 5.06 Å². The van der Waals surface area contributed by atoms with Gasteiger partial charge in [-0.15, -0.1) is 0 Å². The number of carbonyl (C=O) groups excluding carboxylic acids is 1. The lowest BCUT2D eigenvalue weighted by atomic mass is 9.88. The molecule has 0 aromatic heterocycles. The maximum absolute atomic E-state index is 12.2. The molecule has 1 spiro atoms. The summed E-state index contributed by atoms with van der Waals surface area (Å²) in [5, 5.41) is 12.9. The molecule has 1 N–H and O–H groups in total. The summed E-state index contributed by atoms with van der Waals surface area (Å²) in [6.45, 7) is 1.20. The number of ether oxygens (including phenoxy) is 1. The Labute approximate surface area is 127 Å². The van der Waals surface area contributed by atoms with Crippen LogP contribution in [0.25, 0.3) is 5.57 Å². The van der Waals surface area contributed by atoms with Crippen LogP contribution in [0.5, 0.6) is 0 Å². The fourth-order valence-electron chi connectivity index (χ4n) is 2.84. The molecule has 0 bridgehead atoms. The zero-order valence-corrected chi connectivity index (χ0v) is 12.4. The molecule has 1 aromatic rings. The van der Waals surface area contributed by atoms with E-state index in [0.29, 0.717) is 36.5 Å². The summed E-state index contributed by atoms with van der Waals surface area (Å²) in [6.07, 6.45) is 1.02. The van der Waals surface area contributed by atoms with Gasteiger partial charge in [-0.05, 0) is 17.7 Å². The van der Waals surface area contributed by atoms with Crippen molar-refractivity contribution in [3.8, 4) is 0 Å². The van der Waals surface area contributed by atoms with Gasteiger partial charge in [-0.1, -0.05) is 23.7 Å². The summed E-state index contributed by atoms with van der Waals surface area (Å²) in [5.41, 5.74) is -0.0633. The van der Waals surface area contributed by atoms with Gasteiger partial charge in [0.25, 0.3) is 0 Å². The molecule has 0 radical (unpaired) electrons. The van der Waals surface area contributed by atoms with Crippen LogP contribution in [0.15, 0.2) is 30.0 Å². The molecule has 0 saturated carbocycles. The first-order valence-electron chi connectivity index (χ1n) is 6.78. The molecule has 6 heteroatoms. The van der Waals surface area contributed by atoms with Crippen LogP contribution in [0, 0.1) is 0 Å². The second-order valence-corrected chi connectivity index (χ2v) is 5.66. The lowest BCUT2D eigenvalue weighted by Crippen LogP contribution is -2.45. The van der Waals surface area contributed by atoms with Gasteiger partial charge >= 0.3 is 5.97 Å². The maximum atomic E-state index is 12.2. The molecule has 1 fully saturated rings. The third-order valence-electron chi connectivity index (χ3n) is 4.08. The zero-order valence-electron chi connectivity index (χ0n) is 11.6. The predicted molar refractivity (Wildman–Crippen MR) is 77.6 cm³/mol. The second kappa shape index (κ2) is 5.33.